The molecule has 132 valence electrons. The lowest BCUT2D eigenvalue weighted by atomic mass is 9.49. The lowest BCUT2D eigenvalue weighted by molar-refractivity contribution is -0.0362. The fourth-order valence-corrected chi connectivity index (χ4v) is 8.29. The molecule has 0 unspecified atom stereocenters. The van der Waals surface area contributed by atoms with Crippen LogP contribution in [-0.2, 0) is 10.2 Å². The molecule has 0 amide bonds. The quantitative estimate of drug-likeness (QED) is 0.782. The third kappa shape index (κ3) is 3.31. The minimum absolute atomic E-state index is 0.0435. The minimum Gasteiger partial charge on any atom is -0.202 e. The van der Waals surface area contributed by atoms with Gasteiger partial charge >= 0.3 is 0 Å². The SMILES string of the molecule is O=S(=O)(NCC12C[C@H]3C[C@@H](CC(Cl)(C3)C1)C2)N1CCCCCC1. The molecule has 23 heavy (non-hydrogen) atoms. The van der Waals surface area contributed by atoms with Gasteiger partial charge in [-0.3, -0.25) is 0 Å². The Morgan fingerprint density at radius 2 is 1.61 bits per heavy atom. The summed E-state index contributed by atoms with van der Waals surface area (Å²) in [6.07, 6.45) is 11.2. The van der Waals surface area contributed by atoms with E-state index >= 15 is 0 Å². The Morgan fingerprint density at radius 3 is 2.17 bits per heavy atom. The molecule has 0 aromatic rings. The van der Waals surface area contributed by atoms with Gasteiger partial charge in [0, 0.05) is 24.5 Å². The number of nitrogens with zero attached hydrogens (tertiary/aromatic N) is 1. The molecule has 4 nitrogen and oxygen atoms in total. The molecule has 5 fully saturated rings. The van der Waals surface area contributed by atoms with Crippen LogP contribution in [0, 0.1) is 17.3 Å². The van der Waals surface area contributed by atoms with E-state index in [1.54, 1.807) is 4.31 Å². The van der Waals surface area contributed by atoms with Crippen LogP contribution in [0.5, 0.6) is 0 Å². The van der Waals surface area contributed by atoms with Crippen LogP contribution in [0.25, 0.3) is 0 Å². The molecule has 1 heterocycles. The average molecular weight is 361 g/mol. The molecule has 6 heteroatoms. The van der Waals surface area contributed by atoms with Crippen LogP contribution < -0.4 is 4.72 Å². The summed E-state index contributed by atoms with van der Waals surface area (Å²) >= 11 is 6.85. The van der Waals surface area contributed by atoms with Gasteiger partial charge in [-0.2, -0.15) is 12.7 Å². The zero-order valence-corrected chi connectivity index (χ0v) is 15.5. The molecule has 1 N–H and O–H groups in total. The predicted molar refractivity (Wildman–Crippen MR) is 92.7 cm³/mol. The molecule has 4 saturated carbocycles. The Balaban J connectivity index is 1.44. The van der Waals surface area contributed by atoms with Gasteiger partial charge in [-0.25, -0.2) is 4.72 Å². The van der Waals surface area contributed by atoms with Gasteiger partial charge in [0.1, 0.15) is 0 Å². The highest BCUT2D eigenvalue weighted by atomic mass is 35.5. The number of nitrogens with one attached hydrogen (secondary N) is 1. The van der Waals surface area contributed by atoms with Crippen molar-refractivity contribution in [1.29, 1.82) is 0 Å². The van der Waals surface area contributed by atoms with Crippen molar-refractivity contribution < 1.29 is 8.42 Å². The smallest absolute Gasteiger partial charge is 0.202 e. The number of rotatable bonds is 4. The van der Waals surface area contributed by atoms with Crippen molar-refractivity contribution in [1.82, 2.24) is 9.03 Å². The normalized spacial score (nSPS) is 44.4. The highest BCUT2D eigenvalue weighted by Gasteiger charge is 2.57. The molecule has 1 aliphatic heterocycles. The lowest BCUT2D eigenvalue weighted by Gasteiger charge is -2.60. The summed E-state index contributed by atoms with van der Waals surface area (Å²) in [7, 11) is -3.33. The summed E-state index contributed by atoms with van der Waals surface area (Å²) in [6.45, 7) is 1.94. The van der Waals surface area contributed by atoms with E-state index in [-0.39, 0.29) is 10.3 Å². The molecule has 5 rings (SSSR count). The van der Waals surface area contributed by atoms with E-state index in [1.807, 2.05) is 0 Å². The number of alkyl halides is 1. The van der Waals surface area contributed by atoms with Crippen LogP contribution in [0.4, 0.5) is 0 Å². The van der Waals surface area contributed by atoms with E-state index in [4.69, 9.17) is 11.6 Å². The van der Waals surface area contributed by atoms with Crippen molar-refractivity contribution >= 4 is 21.8 Å². The van der Waals surface area contributed by atoms with Gasteiger partial charge in [0.2, 0.25) is 0 Å². The topological polar surface area (TPSA) is 49.4 Å². The van der Waals surface area contributed by atoms with Gasteiger partial charge in [0.05, 0.1) is 0 Å². The Bertz CT molecular complexity index is 543. The first-order chi connectivity index (χ1) is 10.9. The summed E-state index contributed by atoms with van der Waals surface area (Å²) in [5.74, 6) is 1.44. The van der Waals surface area contributed by atoms with Gasteiger partial charge in [-0.15, -0.1) is 11.6 Å². The Morgan fingerprint density at radius 1 is 1.00 bits per heavy atom. The van der Waals surface area contributed by atoms with E-state index < -0.39 is 10.2 Å². The van der Waals surface area contributed by atoms with Crippen LogP contribution in [0.15, 0.2) is 0 Å². The van der Waals surface area contributed by atoms with E-state index in [0.29, 0.717) is 19.6 Å². The van der Waals surface area contributed by atoms with Crippen LogP contribution in [0.1, 0.15) is 64.2 Å². The van der Waals surface area contributed by atoms with Crippen molar-refractivity contribution in [3.8, 4) is 0 Å². The van der Waals surface area contributed by atoms with Gasteiger partial charge < -0.3 is 0 Å². The van der Waals surface area contributed by atoms with E-state index in [1.165, 1.54) is 19.3 Å². The van der Waals surface area contributed by atoms with Crippen LogP contribution in [-0.4, -0.2) is 37.2 Å². The Labute approximate surface area is 145 Å². The molecular weight excluding hydrogens is 332 g/mol. The third-order valence-corrected chi connectivity index (χ3v) is 8.64. The van der Waals surface area contributed by atoms with E-state index in [2.05, 4.69) is 4.72 Å². The molecule has 0 radical (unpaired) electrons. The number of halogens is 1. The average Bonchev–Trinajstić information content (AvgIpc) is 2.72. The maximum absolute atomic E-state index is 12.7. The minimum atomic E-state index is -3.33. The molecule has 4 aliphatic carbocycles. The monoisotopic (exact) mass is 360 g/mol. The van der Waals surface area contributed by atoms with Crippen molar-refractivity contribution in [3.63, 3.8) is 0 Å². The first kappa shape index (κ1) is 16.6. The van der Waals surface area contributed by atoms with Crippen molar-refractivity contribution in [3.05, 3.63) is 0 Å². The fraction of sp³-hybridized carbons (Fsp3) is 1.00. The molecule has 1 saturated heterocycles. The fourth-order valence-electron chi connectivity index (χ4n) is 6.16. The van der Waals surface area contributed by atoms with Gasteiger partial charge in [-0.1, -0.05) is 12.8 Å². The van der Waals surface area contributed by atoms with Crippen LogP contribution in [0.2, 0.25) is 0 Å². The van der Waals surface area contributed by atoms with Gasteiger partial charge in [0.25, 0.3) is 10.2 Å². The summed E-state index contributed by atoms with van der Waals surface area (Å²) < 4.78 is 30.0. The van der Waals surface area contributed by atoms with Crippen molar-refractivity contribution in [2.45, 2.75) is 69.1 Å². The molecule has 4 bridgehead atoms. The molecule has 0 spiro atoms. The third-order valence-electron chi connectivity index (χ3n) is 6.65. The number of hydrogen-bond acceptors (Lipinski definition) is 2. The second-order valence-electron chi connectivity index (χ2n) is 8.75. The first-order valence-corrected chi connectivity index (χ1v) is 11.1. The maximum atomic E-state index is 12.7. The largest absolute Gasteiger partial charge is 0.279 e. The zero-order chi connectivity index (χ0) is 16.1. The summed E-state index contributed by atoms with van der Waals surface area (Å²) in [5.41, 5.74) is 0.116. The van der Waals surface area contributed by atoms with Crippen LogP contribution in [0.3, 0.4) is 0 Å². The Kier molecular flexibility index (Phi) is 4.23. The Hall–Kier alpha value is 0.160. The lowest BCUT2D eigenvalue weighted by Crippen LogP contribution is -2.57. The highest BCUT2D eigenvalue weighted by Crippen LogP contribution is 2.63. The second-order valence-corrected chi connectivity index (χ2v) is 11.3. The van der Waals surface area contributed by atoms with E-state index in [9.17, 15) is 8.42 Å². The highest BCUT2D eigenvalue weighted by molar-refractivity contribution is 7.87. The number of hydrogen-bond donors (Lipinski definition) is 1. The molecule has 0 aromatic carbocycles. The van der Waals surface area contributed by atoms with Gasteiger partial charge in [0.15, 0.2) is 0 Å². The van der Waals surface area contributed by atoms with Crippen molar-refractivity contribution in [2.24, 2.45) is 17.3 Å². The van der Waals surface area contributed by atoms with Crippen molar-refractivity contribution in [2.75, 3.05) is 19.6 Å². The molecule has 2 atom stereocenters. The standard InChI is InChI=1S/C17H29ClN2O2S/c18-17-10-14-7-15(11-17)9-16(8-14,12-17)13-19-23(21,22)20-5-3-1-2-4-6-20/h14-15,19H,1-13H2/t14-,15-,16?,17?/m1/s1. The van der Waals surface area contributed by atoms with Gasteiger partial charge in [-0.05, 0) is 68.6 Å². The summed E-state index contributed by atoms with van der Waals surface area (Å²) in [5, 5.41) is 0. The second kappa shape index (κ2) is 5.86. The molecule has 0 aromatic heterocycles. The van der Waals surface area contributed by atoms with Crippen LogP contribution >= 0.6 is 11.6 Å². The molecule has 5 aliphatic rings. The molecular formula is C17H29ClN2O2S. The summed E-state index contributed by atoms with van der Waals surface area (Å²) in [6, 6.07) is 0. The maximum Gasteiger partial charge on any atom is 0.279 e. The van der Waals surface area contributed by atoms with E-state index in [0.717, 1.165) is 56.8 Å². The predicted octanol–water partition coefficient (Wildman–Crippen LogP) is 3.27. The summed E-state index contributed by atoms with van der Waals surface area (Å²) in [4.78, 5) is -0.0435. The first-order valence-electron chi connectivity index (χ1n) is 9.32. The zero-order valence-electron chi connectivity index (χ0n) is 13.9.